The van der Waals surface area contributed by atoms with Crippen molar-refractivity contribution in [1.82, 2.24) is 4.72 Å². The smallest absolute Gasteiger partial charge is 0.0593 e. The summed E-state index contributed by atoms with van der Waals surface area (Å²) in [7, 11) is 0. The van der Waals surface area contributed by atoms with Crippen LogP contribution in [-0.4, -0.2) is 24.0 Å². The van der Waals surface area contributed by atoms with Crippen molar-refractivity contribution >= 4 is 11.9 Å². The van der Waals surface area contributed by atoms with Crippen molar-refractivity contribution in [3.05, 3.63) is 0 Å². The summed E-state index contributed by atoms with van der Waals surface area (Å²) in [5.74, 6) is 1.67. The number of aliphatic hydroxyl groups is 1. The summed E-state index contributed by atoms with van der Waals surface area (Å²) in [6, 6.07) is 0.265. The molecular weight excluding hydrogens is 218 g/mol. The second kappa shape index (κ2) is 10.4. The molecule has 0 bridgehead atoms. The van der Waals surface area contributed by atoms with Crippen molar-refractivity contribution in [3.63, 3.8) is 0 Å². The first kappa shape index (κ1) is 16.3. The minimum Gasteiger partial charge on any atom is -0.395 e. The molecule has 0 radical (unpaired) electrons. The van der Waals surface area contributed by atoms with Crippen LogP contribution in [0.5, 0.6) is 0 Å². The van der Waals surface area contributed by atoms with E-state index in [4.69, 9.17) is 0 Å². The van der Waals surface area contributed by atoms with Crippen LogP contribution in [0.25, 0.3) is 0 Å². The highest BCUT2D eigenvalue weighted by Crippen LogP contribution is 2.23. The minimum atomic E-state index is 0.251. The van der Waals surface area contributed by atoms with Crippen LogP contribution in [0.15, 0.2) is 0 Å². The summed E-state index contributed by atoms with van der Waals surface area (Å²) in [6.07, 6.45) is 8.22. The average Bonchev–Trinajstić information content (AvgIpc) is 2.32. The third kappa shape index (κ3) is 7.53. The molecule has 2 nitrogen and oxygen atoms in total. The van der Waals surface area contributed by atoms with E-state index >= 15 is 0 Å². The normalized spacial score (nSPS) is 17.1. The predicted molar refractivity (Wildman–Crippen MR) is 74.6 cm³/mol. The number of hydrogen-bond donors (Lipinski definition) is 2. The van der Waals surface area contributed by atoms with Gasteiger partial charge in [0.15, 0.2) is 0 Å². The molecule has 0 amide bonds. The third-order valence-electron chi connectivity index (χ3n) is 3.44. The molecule has 0 aliphatic carbocycles. The van der Waals surface area contributed by atoms with Crippen LogP contribution in [0.4, 0.5) is 0 Å². The molecule has 2 N–H and O–H groups in total. The number of rotatable bonds is 10. The molecule has 98 valence electrons. The maximum atomic E-state index is 9.19. The van der Waals surface area contributed by atoms with E-state index in [-0.39, 0.29) is 12.6 Å². The van der Waals surface area contributed by atoms with Crippen LogP contribution >= 0.6 is 11.9 Å². The monoisotopic (exact) mass is 247 g/mol. The fraction of sp³-hybridized carbons (Fsp3) is 1.00. The second-order valence-electron chi connectivity index (χ2n) is 4.80. The Morgan fingerprint density at radius 3 is 2.31 bits per heavy atom. The second-order valence-corrected chi connectivity index (χ2v) is 5.45. The van der Waals surface area contributed by atoms with Gasteiger partial charge in [0, 0.05) is 6.04 Å². The predicted octanol–water partition coefficient (Wildman–Crippen LogP) is 3.46. The van der Waals surface area contributed by atoms with Crippen molar-refractivity contribution in [1.29, 1.82) is 0 Å². The molecule has 0 fully saturated rings. The molecule has 3 heteroatoms. The lowest BCUT2D eigenvalue weighted by molar-refractivity contribution is 0.239. The van der Waals surface area contributed by atoms with Gasteiger partial charge in [-0.1, -0.05) is 45.6 Å². The maximum Gasteiger partial charge on any atom is 0.0593 e. The van der Waals surface area contributed by atoms with Gasteiger partial charge in [0.05, 0.1) is 6.61 Å². The number of nitrogens with one attached hydrogen (secondary N) is 1. The van der Waals surface area contributed by atoms with Gasteiger partial charge in [-0.05, 0) is 37.4 Å². The summed E-state index contributed by atoms with van der Waals surface area (Å²) in [5.41, 5.74) is 0. The third-order valence-corrected chi connectivity index (χ3v) is 4.01. The van der Waals surface area contributed by atoms with Crippen LogP contribution in [0, 0.1) is 11.8 Å². The van der Waals surface area contributed by atoms with E-state index in [0.717, 1.165) is 18.3 Å². The van der Waals surface area contributed by atoms with E-state index in [2.05, 4.69) is 25.5 Å². The molecule has 0 aliphatic rings. The molecule has 0 rings (SSSR count). The van der Waals surface area contributed by atoms with Crippen LogP contribution < -0.4 is 4.72 Å². The van der Waals surface area contributed by atoms with Crippen molar-refractivity contribution in [2.75, 3.05) is 12.9 Å². The fourth-order valence-electron chi connectivity index (χ4n) is 2.02. The molecule has 0 aromatic carbocycles. The zero-order valence-electron chi connectivity index (χ0n) is 11.3. The van der Waals surface area contributed by atoms with E-state index in [0.29, 0.717) is 0 Å². The first-order chi connectivity index (χ1) is 7.67. The van der Waals surface area contributed by atoms with Gasteiger partial charge in [-0.25, -0.2) is 0 Å². The summed E-state index contributed by atoms with van der Waals surface area (Å²) >= 11 is 1.60. The van der Waals surface area contributed by atoms with Crippen LogP contribution in [0.2, 0.25) is 0 Å². The van der Waals surface area contributed by atoms with Crippen molar-refractivity contribution in [3.8, 4) is 0 Å². The summed E-state index contributed by atoms with van der Waals surface area (Å²) < 4.78 is 3.25. The van der Waals surface area contributed by atoms with Gasteiger partial charge in [0.25, 0.3) is 0 Å². The molecule has 0 saturated heterocycles. The van der Waals surface area contributed by atoms with Crippen molar-refractivity contribution < 1.29 is 5.11 Å². The van der Waals surface area contributed by atoms with E-state index < -0.39 is 0 Å². The Balaban J connectivity index is 3.83. The van der Waals surface area contributed by atoms with Gasteiger partial charge in [-0.15, -0.1) is 0 Å². The average molecular weight is 247 g/mol. The van der Waals surface area contributed by atoms with Gasteiger partial charge < -0.3 is 5.11 Å². The summed E-state index contributed by atoms with van der Waals surface area (Å²) in [5, 5.41) is 9.19. The Labute approximate surface area is 106 Å². The van der Waals surface area contributed by atoms with Crippen LogP contribution in [0.1, 0.15) is 52.9 Å². The Hall–Kier alpha value is 0.270. The van der Waals surface area contributed by atoms with Gasteiger partial charge >= 0.3 is 0 Å². The molecule has 3 unspecified atom stereocenters. The molecule has 3 atom stereocenters. The molecular formula is C13H29NOS. The van der Waals surface area contributed by atoms with E-state index in [1.54, 1.807) is 11.9 Å². The molecule has 16 heavy (non-hydrogen) atoms. The maximum absolute atomic E-state index is 9.19. The van der Waals surface area contributed by atoms with E-state index in [9.17, 15) is 5.11 Å². The summed E-state index contributed by atoms with van der Waals surface area (Å²) in [6.45, 7) is 7.14. The molecule has 0 aliphatic heterocycles. The number of aliphatic hydroxyl groups excluding tert-OH is 1. The molecule has 0 aromatic heterocycles. The molecule has 0 saturated carbocycles. The minimum absolute atomic E-state index is 0.251. The van der Waals surface area contributed by atoms with Gasteiger partial charge in [0.2, 0.25) is 0 Å². The van der Waals surface area contributed by atoms with Gasteiger partial charge in [-0.3, -0.25) is 4.72 Å². The molecule has 0 heterocycles. The lowest BCUT2D eigenvalue weighted by atomic mass is 9.88. The SMILES string of the molecule is CCC(C)CC(CC)CCC(CO)NSC. The first-order valence-electron chi connectivity index (χ1n) is 6.57. The molecule has 0 aromatic rings. The van der Waals surface area contributed by atoms with Crippen molar-refractivity contribution in [2.24, 2.45) is 11.8 Å². The fourth-order valence-corrected chi connectivity index (χ4v) is 2.54. The molecule has 0 spiro atoms. The highest BCUT2D eigenvalue weighted by Gasteiger charge is 2.13. The summed E-state index contributed by atoms with van der Waals surface area (Å²) in [4.78, 5) is 0. The largest absolute Gasteiger partial charge is 0.395 e. The zero-order chi connectivity index (χ0) is 12.4. The van der Waals surface area contributed by atoms with Crippen LogP contribution in [-0.2, 0) is 0 Å². The quantitative estimate of drug-likeness (QED) is 0.580. The van der Waals surface area contributed by atoms with Gasteiger partial charge in [-0.2, -0.15) is 0 Å². The van der Waals surface area contributed by atoms with Crippen molar-refractivity contribution in [2.45, 2.75) is 58.9 Å². The Morgan fingerprint density at radius 1 is 1.19 bits per heavy atom. The first-order valence-corrected chi connectivity index (χ1v) is 7.79. The lowest BCUT2D eigenvalue weighted by Gasteiger charge is -2.21. The lowest BCUT2D eigenvalue weighted by Crippen LogP contribution is -2.27. The Kier molecular flexibility index (Phi) is 10.6. The van der Waals surface area contributed by atoms with Crippen LogP contribution in [0.3, 0.4) is 0 Å². The topological polar surface area (TPSA) is 32.3 Å². The van der Waals surface area contributed by atoms with E-state index in [1.165, 1.54) is 25.7 Å². The number of hydrogen-bond acceptors (Lipinski definition) is 3. The standard InChI is InChI=1S/C13H29NOS/c1-5-11(3)9-12(6-2)7-8-13(10-15)14-16-4/h11-15H,5-10H2,1-4H3. The highest BCUT2D eigenvalue weighted by atomic mass is 32.2. The highest BCUT2D eigenvalue weighted by molar-refractivity contribution is 7.96. The van der Waals surface area contributed by atoms with Gasteiger partial charge in [0.1, 0.15) is 0 Å². The Bertz CT molecular complexity index is 155. The van der Waals surface area contributed by atoms with E-state index in [1.807, 2.05) is 6.26 Å². The zero-order valence-corrected chi connectivity index (χ0v) is 12.1. The Morgan fingerprint density at radius 2 is 1.88 bits per heavy atom.